The number of nitrogens with zero attached hydrogens (tertiary/aromatic N) is 4. The van der Waals surface area contributed by atoms with Crippen molar-refractivity contribution in [3.8, 4) is 11.1 Å². The van der Waals surface area contributed by atoms with E-state index in [2.05, 4.69) is 5.32 Å². The first-order chi connectivity index (χ1) is 29.7. The Morgan fingerprint density at radius 3 is 2.30 bits per heavy atom. The fraction of sp³-hybridized carbons (Fsp3) is 0.489. The molecule has 16 heteroatoms. The molecule has 1 fully saturated rings. The maximum Gasteiger partial charge on any atom is 0.410 e. The number of unbranched alkanes of at least 4 members (excludes halogenated alkanes) is 2. The lowest BCUT2D eigenvalue weighted by Crippen LogP contribution is -2.46. The first kappa shape index (κ1) is 48.5. The maximum absolute atomic E-state index is 15.4. The van der Waals surface area contributed by atoms with Crippen molar-refractivity contribution in [2.75, 3.05) is 37.7 Å². The average molecular weight is 892 g/mol. The van der Waals surface area contributed by atoms with Crippen molar-refractivity contribution in [3.63, 3.8) is 0 Å². The van der Waals surface area contributed by atoms with Gasteiger partial charge in [0, 0.05) is 80.1 Å². The number of hydrogen-bond acceptors (Lipinski definition) is 8. The van der Waals surface area contributed by atoms with Gasteiger partial charge in [0.2, 0.25) is 11.8 Å². The Kier molecular flexibility index (Phi) is 16.4. The molecule has 0 bridgehead atoms. The van der Waals surface area contributed by atoms with Crippen LogP contribution in [0.2, 0.25) is 0 Å². The summed E-state index contributed by atoms with van der Waals surface area (Å²) < 4.78 is 37.5. The van der Waals surface area contributed by atoms with Crippen molar-refractivity contribution in [2.45, 2.75) is 97.9 Å². The fourth-order valence-corrected chi connectivity index (χ4v) is 8.81. The third-order valence-corrected chi connectivity index (χ3v) is 11.8. The van der Waals surface area contributed by atoms with E-state index in [0.717, 1.165) is 40.4 Å². The predicted molar refractivity (Wildman–Crippen MR) is 236 cm³/mol. The van der Waals surface area contributed by atoms with E-state index in [4.69, 9.17) is 4.74 Å². The van der Waals surface area contributed by atoms with Gasteiger partial charge in [0.25, 0.3) is 11.8 Å². The molecular formula is C47H59F2N5O8S. The molecule has 3 unspecified atom stereocenters. The first-order valence-electron chi connectivity index (χ1n) is 21.3. The number of likely N-dealkylation sites (tertiary alicyclic amines) is 1. The minimum atomic E-state index is -1.28. The highest BCUT2D eigenvalue weighted by molar-refractivity contribution is 8.00. The number of thioether (sulfide) groups is 1. The largest absolute Gasteiger partial charge is 0.480 e. The Hall–Kier alpha value is -5.51. The third kappa shape index (κ3) is 13.7. The van der Waals surface area contributed by atoms with Gasteiger partial charge in [0.1, 0.15) is 23.3 Å². The molecule has 2 aliphatic rings. The Morgan fingerprint density at radius 2 is 1.65 bits per heavy atom. The quantitative estimate of drug-likeness (QED) is 0.0922. The number of carbonyl (C=O) groups excluding carboxylic acids is 5. The number of amides is 5. The molecule has 2 aromatic carbocycles. The molecule has 3 atom stereocenters. The lowest BCUT2D eigenvalue weighted by Gasteiger charge is -2.42. The second-order valence-electron chi connectivity index (χ2n) is 18.2. The molecule has 0 saturated carbocycles. The van der Waals surface area contributed by atoms with E-state index in [9.17, 15) is 38.3 Å². The van der Waals surface area contributed by atoms with Gasteiger partial charge >= 0.3 is 12.1 Å². The van der Waals surface area contributed by atoms with E-state index in [1.807, 2.05) is 55.7 Å². The molecule has 1 aromatic heterocycles. The smallest absolute Gasteiger partial charge is 0.410 e. The summed E-state index contributed by atoms with van der Waals surface area (Å²) in [6, 6.07) is 12.8. The standard InChI is InChI=1S/C47H59F2N5O8S/c1-46(2,3)43(38-23-33(35-24-34(48)16-17-36(35)49)28-52(38)25-31-13-9-7-10-14-31)54(27-32-20-22-51(26-32)45(61)62-47(4,5)6)42(58)30-63-29-37(44(59)60)50-39(55)15-11-8-12-21-53-40(56)18-19-41(53)57/h7,9-10,13-14,16-19,23-24,28,32,37,43H,8,11-12,15,20-22,25-27,29-30H2,1-6H3,(H,50,55)(H,59,60). The van der Waals surface area contributed by atoms with Gasteiger partial charge in [0.15, 0.2) is 0 Å². The van der Waals surface area contributed by atoms with Crippen LogP contribution < -0.4 is 5.32 Å². The topological polar surface area (TPSA) is 159 Å². The highest BCUT2D eigenvalue weighted by Crippen LogP contribution is 2.42. The number of benzene rings is 2. The summed E-state index contributed by atoms with van der Waals surface area (Å²) >= 11 is 1.08. The summed E-state index contributed by atoms with van der Waals surface area (Å²) in [5.74, 6) is -4.36. The van der Waals surface area contributed by atoms with Crippen LogP contribution in [-0.2, 0) is 35.3 Å². The maximum atomic E-state index is 15.4. The van der Waals surface area contributed by atoms with Gasteiger partial charge in [-0.15, -0.1) is 11.8 Å². The summed E-state index contributed by atoms with van der Waals surface area (Å²) in [4.78, 5) is 81.1. The van der Waals surface area contributed by atoms with Gasteiger partial charge in [-0.1, -0.05) is 57.5 Å². The van der Waals surface area contributed by atoms with E-state index in [1.54, 1.807) is 42.8 Å². The Bertz CT molecular complexity index is 2150. The number of ether oxygens (including phenoxy) is 1. The van der Waals surface area contributed by atoms with Crippen LogP contribution in [-0.4, -0.2) is 109 Å². The van der Waals surface area contributed by atoms with Gasteiger partial charge in [-0.05, 0) is 81.2 Å². The molecule has 2 N–H and O–H groups in total. The van der Waals surface area contributed by atoms with E-state index in [-0.39, 0.29) is 60.2 Å². The number of rotatable bonds is 19. The summed E-state index contributed by atoms with van der Waals surface area (Å²) in [6.07, 6.45) is 5.84. The molecule has 13 nitrogen and oxygen atoms in total. The first-order valence-corrected chi connectivity index (χ1v) is 22.5. The van der Waals surface area contributed by atoms with E-state index in [1.165, 1.54) is 12.2 Å². The third-order valence-electron chi connectivity index (χ3n) is 10.8. The van der Waals surface area contributed by atoms with Crippen molar-refractivity contribution >= 4 is 47.5 Å². The van der Waals surface area contributed by atoms with Crippen LogP contribution in [0.5, 0.6) is 0 Å². The van der Waals surface area contributed by atoms with E-state index < -0.39 is 52.7 Å². The molecule has 0 spiro atoms. The molecular weight excluding hydrogens is 833 g/mol. The van der Waals surface area contributed by atoms with Crippen LogP contribution in [0.25, 0.3) is 11.1 Å². The molecule has 0 radical (unpaired) electrons. The van der Waals surface area contributed by atoms with Crippen molar-refractivity contribution in [1.82, 2.24) is 24.6 Å². The zero-order valence-corrected chi connectivity index (χ0v) is 37.7. The van der Waals surface area contributed by atoms with E-state index in [0.29, 0.717) is 56.6 Å². The van der Waals surface area contributed by atoms with Crippen LogP contribution in [0.4, 0.5) is 13.6 Å². The molecule has 2 aliphatic heterocycles. The summed E-state index contributed by atoms with van der Waals surface area (Å²) in [7, 11) is 0. The number of carbonyl (C=O) groups is 6. The number of halogens is 2. The minimum absolute atomic E-state index is 0.0421. The van der Waals surface area contributed by atoms with Crippen molar-refractivity contribution in [2.24, 2.45) is 11.3 Å². The number of nitrogens with one attached hydrogen (secondary N) is 1. The second kappa shape index (κ2) is 21.2. The van der Waals surface area contributed by atoms with Crippen molar-refractivity contribution < 1.29 is 47.4 Å². The van der Waals surface area contributed by atoms with Gasteiger partial charge in [-0.2, -0.15) is 0 Å². The zero-order valence-electron chi connectivity index (χ0n) is 36.9. The summed E-state index contributed by atoms with van der Waals surface area (Å²) in [5.41, 5.74) is 0.791. The molecule has 340 valence electrons. The fourth-order valence-electron chi connectivity index (χ4n) is 7.89. The number of imide groups is 1. The van der Waals surface area contributed by atoms with Crippen LogP contribution >= 0.6 is 11.8 Å². The highest BCUT2D eigenvalue weighted by Gasteiger charge is 2.40. The number of carboxylic acids is 1. The average Bonchev–Trinajstić information content (AvgIpc) is 3.93. The number of carboxylic acid groups (broad SMARTS) is 1. The van der Waals surface area contributed by atoms with Gasteiger partial charge < -0.3 is 29.5 Å². The van der Waals surface area contributed by atoms with Gasteiger partial charge in [-0.25, -0.2) is 18.4 Å². The number of aliphatic carboxylic acids is 1. The highest BCUT2D eigenvalue weighted by atomic mass is 32.2. The Balaban J connectivity index is 1.37. The zero-order chi connectivity index (χ0) is 46.1. The van der Waals surface area contributed by atoms with Gasteiger partial charge in [0.05, 0.1) is 11.8 Å². The van der Waals surface area contributed by atoms with Crippen LogP contribution in [0.3, 0.4) is 0 Å². The molecule has 5 rings (SSSR count). The lowest BCUT2D eigenvalue weighted by atomic mass is 9.82. The number of hydrogen-bond donors (Lipinski definition) is 2. The molecule has 1 saturated heterocycles. The summed E-state index contributed by atoms with van der Waals surface area (Å²) in [6.45, 7) is 13.0. The Labute approximate surface area is 372 Å². The monoisotopic (exact) mass is 891 g/mol. The molecule has 3 aromatic rings. The predicted octanol–water partition coefficient (Wildman–Crippen LogP) is 7.44. The normalized spacial score (nSPS) is 16.3. The van der Waals surface area contributed by atoms with Crippen LogP contribution in [0.15, 0.2) is 72.9 Å². The molecule has 3 heterocycles. The van der Waals surface area contributed by atoms with E-state index >= 15 is 4.39 Å². The molecule has 63 heavy (non-hydrogen) atoms. The molecule has 0 aliphatic carbocycles. The second-order valence-corrected chi connectivity index (χ2v) is 19.3. The van der Waals surface area contributed by atoms with Crippen LogP contribution in [0, 0.1) is 23.0 Å². The Morgan fingerprint density at radius 1 is 0.952 bits per heavy atom. The number of aromatic nitrogens is 1. The van der Waals surface area contributed by atoms with Crippen LogP contribution in [0.1, 0.15) is 90.9 Å². The molecule has 5 amide bonds. The SMILES string of the molecule is CC(C)(C)OC(=O)N1CCC(CN(C(=O)CSCC(NC(=O)CCCCCN2C(=O)C=CC2=O)C(=O)O)C(c2cc(-c3cc(F)ccc3F)cn2Cc2ccccc2)C(C)(C)C)C1. The van der Waals surface area contributed by atoms with Gasteiger partial charge in [-0.3, -0.25) is 24.1 Å². The van der Waals surface area contributed by atoms with Crippen molar-refractivity contribution in [3.05, 3.63) is 95.8 Å². The lowest BCUT2D eigenvalue weighted by molar-refractivity contribution is -0.141. The minimum Gasteiger partial charge on any atom is -0.480 e. The van der Waals surface area contributed by atoms with Crippen molar-refractivity contribution in [1.29, 1.82) is 0 Å². The summed E-state index contributed by atoms with van der Waals surface area (Å²) in [5, 5.41) is 12.6.